The summed E-state index contributed by atoms with van der Waals surface area (Å²) in [5.41, 5.74) is 1.14. The average molecular weight is 471 g/mol. The Hall–Kier alpha value is -2.38. The number of benzene rings is 1. The summed E-state index contributed by atoms with van der Waals surface area (Å²) in [6, 6.07) is 12.0. The maximum Gasteiger partial charge on any atom is 0.323 e. The molecule has 7 heteroatoms. The van der Waals surface area contributed by atoms with E-state index in [0.29, 0.717) is 13.2 Å². The summed E-state index contributed by atoms with van der Waals surface area (Å²) >= 11 is 1.56. The highest BCUT2D eigenvalue weighted by atomic mass is 32.1. The molecule has 1 unspecified atom stereocenters. The Bertz CT molecular complexity index is 951. The highest BCUT2D eigenvalue weighted by molar-refractivity contribution is 7.13. The van der Waals surface area contributed by atoms with E-state index in [-0.39, 0.29) is 24.0 Å². The lowest BCUT2D eigenvalue weighted by Crippen LogP contribution is -2.44. The molecule has 0 spiro atoms. The summed E-state index contributed by atoms with van der Waals surface area (Å²) in [7, 11) is 0. The normalized spacial score (nSPS) is 19.9. The second-order valence-corrected chi connectivity index (χ2v) is 10.2. The molecule has 2 saturated heterocycles. The van der Waals surface area contributed by atoms with Gasteiger partial charge in [0.25, 0.3) is 5.91 Å². The van der Waals surface area contributed by atoms with Gasteiger partial charge in [0.2, 0.25) is 0 Å². The van der Waals surface area contributed by atoms with E-state index in [0.717, 1.165) is 72.8 Å². The van der Waals surface area contributed by atoms with Crippen LogP contribution in [0.1, 0.15) is 59.1 Å². The van der Waals surface area contributed by atoms with Crippen LogP contribution in [0.2, 0.25) is 0 Å². The fourth-order valence-electron chi connectivity index (χ4n) is 4.71. The van der Waals surface area contributed by atoms with E-state index in [2.05, 4.69) is 17.0 Å². The van der Waals surface area contributed by atoms with E-state index in [1.54, 1.807) is 11.3 Å². The molecule has 33 heavy (non-hydrogen) atoms. The molecule has 0 N–H and O–H groups in total. The first-order chi connectivity index (χ1) is 16.0. The van der Waals surface area contributed by atoms with Crippen LogP contribution in [0.25, 0.3) is 0 Å². The second kappa shape index (κ2) is 11.2. The first kappa shape index (κ1) is 23.8. The van der Waals surface area contributed by atoms with Gasteiger partial charge in [-0.05, 0) is 63.1 Å². The monoisotopic (exact) mass is 470 g/mol. The van der Waals surface area contributed by atoms with Crippen molar-refractivity contribution >= 4 is 23.2 Å². The lowest BCUT2D eigenvalue weighted by Gasteiger charge is -2.34. The van der Waals surface area contributed by atoms with Crippen molar-refractivity contribution in [3.63, 3.8) is 0 Å². The van der Waals surface area contributed by atoms with E-state index in [9.17, 15) is 9.59 Å². The third kappa shape index (κ3) is 6.15. The molecule has 0 bridgehead atoms. The van der Waals surface area contributed by atoms with E-state index < -0.39 is 0 Å². The zero-order valence-electron chi connectivity index (χ0n) is 19.6. The molecule has 1 amide bonds. The third-order valence-corrected chi connectivity index (χ3v) is 7.43. The van der Waals surface area contributed by atoms with Crippen LogP contribution in [-0.2, 0) is 16.1 Å². The highest BCUT2D eigenvalue weighted by Gasteiger charge is 2.30. The van der Waals surface area contributed by atoms with Crippen LogP contribution in [0.3, 0.4) is 0 Å². The quantitative estimate of drug-likeness (QED) is 0.551. The van der Waals surface area contributed by atoms with Crippen molar-refractivity contribution in [2.24, 2.45) is 0 Å². The second-order valence-electron chi connectivity index (χ2n) is 8.90. The number of ether oxygens (including phenoxy) is 2. The number of thiophene rings is 1. The van der Waals surface area contributed by atoms with Crippen LogP contribution < -0.4 is 4.74 Å². The number of esters is 1. The Balaban J connectivity index is 1.31. The third-order valence-electron chi connectivity index (χ3n) is 6.44. The zero-order valence-corrected chi connectivity index (χ0v) is 20.4. The van der Waals surface area contributed by atoms with Crippen LogP contribution in [0.4, 0.5) is 0 Å². The molecule has 1 atom stereocenters. The van der Waals surface area contributed by atoms with Crippen molar-refractivity contribution in [1.82, 2.24) is 9.80 Å². The van der Waals surface area contributed by atoms with Gasteiger partial charge in [-0.3, -0.25) is 14.5 Å². The Labute approximate surface area is 200 Å². The van der Waals surface area contributed by atoms with Crippen molar-refractivity contribution < 1.29 is 19.1 Å². The van der Waals surface area contributed by atoms with Gasteiger partial charge in [-0.2, -0.15) is 0 Å². The molecule has 4 rings (SSSR count). The molecule has 0 saturated carbocycles. The Morgan fingerprint density at radius 3 is 2.61 bits per heavy atom. The minimum atomic E-state index is -0.155. The van der Waals surface area contributed by atoms with Crippen LogP contribution >= 0.6 is 11.3 Å². The molecule has 6 nitrogen and oxygen atoms in total. The van der Waals surface area contributed by atoms with E-state index in [1.807, 2.05) is 43.0 Å². The van der Waals surface area contributed by atoms with Gasteiger partial charge >= 0.3 is 5.97 Å². The Kier molecular flexibility index (Phi) is 8.04. The largest absolute Gasteiger partial charge is 0.490 e. The summed E-state index contributed by atoms with van der Waals surface area (Å²) in [5, 5.41) is 0. The van der Waals surface area contributed by atoms with E-state index >= 15 is 0 Å². The van der Waals surface area contributed by atoms with Gasteiger partial charge in [-0.25, -0.2) is 0 Å². The van der Waals surface area contributed by atoms with Gasteiger partial charge in [0.1, 0.15) is 17.9 Å². The first-order valence-corrected chi connectivity index (χ1v) is 12.9. The van der Waals surface area contributed by atoms with E-state index in [1.165, 1.54) is 0 Å². The summed E-state index contributed by atoms with van der Waals surface area (Å²) in [6.07, 6.45) is 4.80. The van der Waals surface area contributed by atoms with Crippen molar-refractivity contribution in [2.75, 3.05) is 26.2 Å². The van der Waals surface area contributed by atoms with Gasteiger partial charge in [0.05, 0.1) is 11.5 Å². The number of rotatable bonds is 7. The van der Waals surface area contributed by atoms with Crippen molar-refractivity contribution in [3.8, 4) is 5.75 Å². The number of amides is 1. The van der Waals surface area contributed by atoms with Crippen LogP contribution in [-0.4, -0.2) is 60.1 Å². The number of carbonyl (C=O) groups excluding carboxylic acids is 2. The number of carbonyl (C=O) groups is 2. The maximum atomic E-state index is 12.7. The molecule has 178 valence electrons. The number of hydrogen-bond donors (Lipinski definition) is 0. The Morgan fingerprint density at radius 1 is 1.06 bits per heavy atom. The summed E-state index contributed by atoms with van der Waals surface area (Å²) in [4.78, 5) is 31.2. The molecule has 2 aliphatic heterocycles. The molecule has 1 aromatic carbocycles. The fraction of sp³-hybridized carbons (Fsp3) is 0.538. The molecular weight excluding hydrogens is 436 g/mol. The number of aryl methyl sites for hydroxylation is 1. The van der Waals surface area contributed by atoms with Crippen molar-refractivity contribution in [1.29, 1.82) is 0 Å². The smallest absolute Gasteiger partial charge is 0.323 e. The molecule has 2 aliphatic rings. The highest BCUT2D eigenvalue weighted by Crippen LogP contribution is 2.25. The predicted molar refractivity (Wildman–Crippen MR) is 130 cm³/mol. The lowest BCUT2D eigenvalue weighted by atomic mass is 10.0. The molecule has 0 radical (unpaired) electrons. The zero-order chi connectivity index (χ0) is 23.2. The predicted octanol–water partition coefficient (Wildman–Crippen LogP) is 4.66. The number of piperidine rings is 2. The van der Waals surface area contributed by atoms with Gasteiger partial charge in [-0.15, -0.1) is 11.3 Å². The molecule has 0 aliphatic carbocycles. The van der Waals surface area contributed by atoms with Gasteiger partial charge in [0, 0.05) is 37.4 Å². The summed E-state index contributed by atoms with van der Waals surface area (Å²) in [5.74, 6) is 0.880. The molecule has 2 aromatic rings. The van der Waals surface area contributed by atoms with E-state index in [4.69, 9.17) is 9.47 Å². The molecule has 3 heterocycles. The molecule has 1 aromatic heterocycles. The maximum absolute atomic E-state index is 12.7. The van der Waals surface area contributed by atoms with Crippen LogP contribution in [0.5, 0.6) is 5.75 Å². The lowest BCUT2D eigenvalue weighted by molar-refractivity contribution is -0.151. The van der Waals surface area contributed by atoms with Crippen molar-refractivity contribution in [2.45, 2.75) is 64.6 Å². The van der Waals surface area contributed by atoms with Gasteiger partial charge in [-0.1, -0.05) is 18.6 Å². The van der Waals surface area contributed by atoms with Gasteiger partial charge in [0.15, 0.2) is 0 Å². The number of nitrogens with zero attached hydrogens (tertiary/aromatic N) is 2. The van der Waals surface area contributed by atoms with Gasteiger partial charge < -0.3 is 14.4 Å². The summed E-state index contributed by atoms with van der Waals surface area (Å²) in [6.45, 7) is 7.36. The number of hydrogen-bond acceptors (Lipinski definition) is 6. The fourth-order valence-corrected chi connectivity index (χ4v) is 5.55. The van der Waals surface area contributed by atoms with Crippen LogP contribution in [0.15, 0.2) is 36.4 Å². The average Bonchev–Trinajstić information content (AvgIpc) is 3.26. The van der Waals surface area contributed by atoms with Crippen molar-refractivity contribution in [3.05, 3.63) is 51.7 Å². The molecular formula is C26H34N2O4S. The number of likely N-dealkylation sites (tertiary alicyclic amines) is 2. The topological polar surface area (TPSA) is 59.1 Å². The minimum Gasteiger partial charge on any atom is -0.490 e. The minimum absolute atomic E-state index is 0.108. The molecule has 2 fully saturated rings. The standard InChI is InChI=1S/C26H34N2O4S/c1-3-31-26(30)23-9-4-5-14-28(23)18-20-7-6-8-22(17-20)32-21-12-15-27(16-13-21)25(29)24-11-10-19(2)33-24/h6-8,10-11,17,21,23H,3-5,9,12-16,18H2,1-2H3. The SMILES string of the molecule is CCOC(=O)C1CCCCN1Cc1cccc(OC2CCN(C(=O)c3ccc(C)s3)CC2)c1. The Morgan fingerprint density at radius 2 is 1.88 bits per heavy atom. The first-order valence-electron chi connectivity index (χ1n) is 12.1. The summed E-state index contributed by atoms with van der Waals surface area (Å²) < 4.78 is 11.6. The van der Waals surface area contributed by atoms with Crippen LogP contribution in [0, 0.1) is 6.92 Å².